The lowest BCUT2D eigenvalue weighted by molar-refractivity contribution is -0.118. The molecule has 1 aliphatic heterocycles. The Kier molecular flexibility index (Phi) is 4.85. The zero-order chi connectivity index (χ0) is 18.8. The predicted molar refractivity (Wildman–Crippen MR) is 104 cm³/mol. The molecule has 3 aromatic rings. The van der Waals surface area contributed by atoms with Gasteiger partial charge in [-0.15, -0.1) is 0 Å². The molecule has 1 N–H and O–H groups in total. The highest BCUT2D eigenvalue weighted by atomic mass is 32.2. The third kappa shape index (κ3) is 3.55. The fourth-order valence-electron chi connectivity index (χ4n) is 2.99. The number of halogens is 1. The molecule has 27 heavy (non-hydrogen) atoms. The zero-order valence-corrected chi connectivity index (χ0v) is 15.6. The van der Waals surface area contributed by atoms with Gasteiger partial charge in [0.25, 0.3) is 5.91 Å². The summed E-state index contributed by atoms with van der Waals surface area (Å²) in [6.07, 6.45) is 0. The number of thioether (sulfide) groups is 1. The van der Waals surface area contributed by atoms with Crippen molar-refractivity contribution in [3.63, 3.8) is 0 Å². The van der Waals surface area contributed by atoms with Gasteiger partial charge in [0, 0.05) is 17.1 Å². The Hall–Kier alpha value is -2.80. The van der Waals surface area contributed by atoms with Gasteiger partial charge in [-0.1, -0.05) is 30.3 Å². The van der Waals surface area contributed by atoms with E-state index in [1.54, 1.807) is 28.6 Å². The molecular formula is C20H18FN3O2S. The summed E-state index contributed by atoms with van der Waals surface area (Å²) in [6, 6.07) is 13.9. The number of fused-ring (bicyclic) bond motifs is 1. The van der Waals surface area contributed by atoms with Crippen LogP contribution in [0.2, 0.25) is 0 Å². The van der Waals surface area contributed by atoms with E-state index in [2.05, 4.69) is 10.4 Å². The quantitative estimate of drug-likeness (QED) is 0.721. The average molecular weight is 383 g/mol. The van der Waals surface area contributed by atoms with Crippen LogP contribution in [-0.4, -0.2) is 22.3 Å². The molecule has 138 valence electrons. The summed E-state index contributed by atoms with van der Waals surface area (Å²) in [6.45, 7) is 1.73. The smallest absolute Gasteiger partial charge is 0.263 e. The van der Waals surface area contributed by atoms with Crippen LogP contribution in [0.25, 0.3) is 5.69 Å². The molecule has 1 aliphatic rings. The average Bonchev–Trinajstić information content (AvgIpc) is 3.24. The first-order valence-electron chi connectivity index (χ1n) is 8.55. The highest BCUT2D eigenvalue weighted by Crippen LogP contribution is 2.36. The van der Waals surface area contributed by atoms with Gasteiger partial charge in [0.2, 0.25) is 0 Å². The molecule has 0 radical (unpaired) electrons. The minimum absolute atomic E-state index is 0.0563. The van der Waals surface area contributed by atoms with Crippen LogP contribution in [-0.2, 0) is 16.3 Å². The van der Waals surface area contributed by atoms with Crippen LogP contribution >= 0.6 is 11.8 Å². The summed E-state index contributed by atoms with van der Waals surface area (Å²) in [4.78, 5) is 12.5. The third-order valence-electron chi connectivity index (χ3n) is 4.35. The van der Waals surface area contributed by atoms with Gasteiger partial charge in [0.05, 0.1) is 11.4 Å². The van der Waals surface area contributed by atoms with Crippen molar-refractivity contribution in [1.29, 1.82) is 0 Å². The fraction of sp³-hybridized carbons (Fsp3) is 0.200. The Labute approximate surface area is 160 Å². The van der Waals surface area contributed by atoms with Crippen molar-refractivity contribution in [3.05, 3.63) is 71.2 Å². The summed E-state index contributed by atoms with van der Waals surface area (Å²) in [5.41, 5.74) is 3.99. The summed E-state index contributed by atoms with van der Waals surface area (Å²) in [7, 11) is 0. The number of amides is 1. The van der Waals surface area contributed by atoms with Gasteiger partial charge in [-0.05, 0) is 30.7 Å². The Morgan fingerprint density at radius 2 is 2.00 bits per heavy atom. The van der Waals surface area contributed by atoms with E-state index in [0.717, 1.165) is 34.0 Å². The minimum Gasteiger partial charge on any atom is -0.481 e. The second-order valence-corrected chi connectivity index (χ2v) is 7.22. The molecule has 0 bridgehead atoms. The van der Waals surface area contributed by atoms with Crippen LogP contribution in [0.3, 0.4) is 0 Å². The van der Waals surface area contributed by atoms with E-state index in [-0.39, 0.29) is 18.3 Å². The number of hydrogen-bond acceptors (Lipinski definition) is 4. The van der Waals surface area contributed by atoms with E-state index < -0.39 is 5.82 Å². The van der Waals surface area contributed by atoms with E-state index in [1.165, 1.54) is 12.1 Å². The molecule has 4 rings (SSSR count). The molecule has 7 heteroatoms. The lowest BCUT2D eigenvalue weighted by Crippen LogP contribution is -2.23. The zero-order valence-electron chi connectivity index (χ0n) is 14.7. The molecule has 0 spiro atoms. The predicted octanol–water partition coefficient (Wildman–Crippen LogP) is 4.08. The summed E-state index contributed by atoms with van der Waals surface area (Å²) in [5.74, 6) is 1.49. The van der Waals surface area contributed by atoms with E-state index in [4.69, 9.17) is 4.74 Å². The molecule has 5 nitrogen and oxygen atoms in total. The minimum atomic E-state index is -0.493. The number of aryl methyl sites for hydroxylation is 1. The molecule has 0 saturated heterocycles. The Balaban J connectivity index is 1.57. The normalized spacial score (nSPS) is 12.7. The van der Waals surface area contributed by atoms with Crippen LogP contribution < -0.4 is 10.1 Å². The molecule has 0 atom stereocenters. The van der Waals surface area contributed by atoms with Crippen molar-refractivity contribution < 1.29 is 13.9 Å². The topological polar surface area (TPSA) is 56.2 Å². The number of anilines is 1. The number of rotatable bonds is 5. The van der Waals surface area contributed by atoms with E-state index in [1.807, 2.05) is 31.2 Å². The monoisotopic (exact) mass is 383 g/mol. The number of ether oxygens (including phenoxy) is 1. The van der Waals surface area contributed by atoms with Crippen molar-refractivity contribution in [3.8, 4) is 11.4 Å². The van der Waals surface area contributed by atoms with Crippen LogP contribution in [0.15, 0.2) is 48.5 Å². The second kappa shape index (κ2) is 7.44. The highest BCUT2D eigenvalue weighted by Gasteiger charge is 2.25. The van der Waals surface area contributed by atoms with Crippen LogP contribution in [0, 0.1) is 12.7 Å². The first-order valence-corrected chi connectivity index (χ1v) is 9.70. The van der Waals surface area contributed by atoms with Crippen LogP contribution in [0.5, 0.6) is 5.75 Å². The van der Waals surface area contributed by atoms with E-state index >= 15 is 0 Å². The summed E-state index contributed by atoms with van der Waals surface area (Å²) in [5, 5.41) is 7.59. The maximum Gasteiger partial charge on any atom is 0.263 e. The van der Waals surface area contributed by atoms with Gasteiger partial charge in [0.15, 0.2) is 18.2 Å². The first-order chi connectivity index (χ1) is 13.1. The fourth-order valence-corrected chi connectivity index (χ4v) is 4.02. The molecule has 1 aromatic heterocycles. The van der Waals surface area contributed by atoms with Gasteiger partial charge < -0.3 is 10.1 Å². The Morgan fingerprint density at radius 3 is 2.81 bits per heavy atom. The number of nitrogens with zero attached hydrogens (tertiary/aromatic N) is 2. The molecule has 2 heterocycles. The van der Waals surface area contributed by atoms with Crippen molar-refractivity contribution >= 4 is 23.5 Å². The number of nitrogens with one attached hydrogen (secondary N) is 1. The Morgan fingerprint density at radius 1 is 1.22 bits per heavy atom. The van der Waals surface area contributed by atoms with Gasteiger partial charge >= 0.3 is 0 Å². The lowest BCUT2D eigenvalue weighted by atomic mass is 10.2. The molecule has 1 amide bonds. The first kappa shape index (κ1) is 17.6. The van der Waals surface area contributed by atoms with Gasteiger partial charge in [0.1, 0.15) is 5.82 Å². The van der Waals surface area contributed by atoms with Crippen molar-refractivity contribution in [1.82, 2.24) is 9.78 Å². The highest BCUT2D eigenvalue weighted by molar-refractivity contribution is 7.98. The van der Waals surface area contributed by atoms with Crippen LogP contribution in [0.1, 0.15) is 16.8 Å². The number of aromatic nitrogens is 2. The van der Waals surface area contributed by atoms with E-state index in [9.17, 15) is 9.18 Å². The number of hydrogen-bond donors (Lipinski definition) is 1. The maximum atomic E-state index is 13.7. The molecule has 0 aliphatic carbocycles. The molecule has 2 aromatic carbocycles. The van der Waals surface area contributed by atoms with Crippen molar-refractivity contribution in [2.45, 2.75) is 18.4 Å². The largest absolute Gasteiger partial charge is 0.481 e. The maximum absolute atomic E-state index is 13.7. The number of carbonyl (C=O) groups excluding carboxylic acids is 1. The van der Waals surface area contributed by atoms with Crippen molar-refractivity contribution in [2.24, 2.45) is 0 Å². The standard InChI is InChI=1S/C20H18FN3O2S/c1-13-6-2-4-8-17(13)24-20(14-11-27-12-16(14)23-24)22-19(25)10-26-18-9-5-3-7-15(18)21/h2-9H,10-12H2,1H3,(H,22,25). The lowest BCUT2D eigenvalue weighted by Gasteiger charge is -2.13. The second-order valence-electron chi connectivity index (χ2n) is 6.23. The van der Waals surface area contributed by atoms with Crippen LogP contribution in [0.4, 0.5) is 10.2 Å². The molecule has 0 unspecified atom stereocenters. The molecule has 0 fully saturated rings. The summed E-state index contributed by atoms with van der Waals surface area (Å²) < 4.78 is 20.7. The number of carbonyl (C=O) groups is 1. The van der Waals surface area contributed by atoms with Gasteiger partial charge in [-0.2, -0.15) is 16.9 Å². The number of para-hydroxylation sites is 2. The van der Waals surface area contributed by atoms with Gasteiger partial charge in [-0.3, -0.25) is 4.79 Å². The molecular weight excluding hydrogens is 365 g/mol. The summed E-state index contributed by atoms with van der Waals surface area (Å²) >= 11 is 1.76. The SMILES string of the molecule is Cc1ccccc1-n1nc2c(c1NC(=O)COc1ccccc1F)CSC2. The Bertz CT molecular complexity index is 1000. The van der Waals surface area contributed by atoms with E-state index in [0.29, 0.717) is 5.82 Å². The third-order valence-corrected chi connectivity index (χ3v) is 5.32. The van der Waals surface area contributed by atoms with Crippen molar-refractivity contribution in [2.75, 3.05) is 11.9 Å². The van der Waals surface area contributed by atoms with Gasteiger partial charge in [-0.25, -0.2) is 9.07 Å². The number of benzene rings is 2. The molecule has 0 saturated carbocycles.